The number of ether oxygens (including phenoxy) is 1. The van der Waals surface area contributed by atoms with E-state index in [-0.39, 0.29) is 12.1 Å². The molecule has 0 bridgehead atoms. The topological polar surface area (TPSA) is 53.6 Å². The summed E-state index contributed by atoms with van der Waals surface area (Å²) in [5.74, 6) is 0. The molecular weight excluding hydrogens is 242 g/mol. The summed E-state index contributed by atoms with van der Waals surface area (Å²) in [6.07, 6.45) is 0.0713. The molecule has 0 aromatic heterocycles. The summed E-state index contributed by atoms with van der Waals surface area (Å²) in [5.41, 5.74) is 1.94. The summed E-state index contributed by atoms with van der Waals surface area (Å²) in [6, 6.07) is 7.65. The minimum atomic E-state index is -0.111. The van der Waals surface area contributed by atoms with Gasteiger partial charge in [-0.15, -0.1) is 0 Å². The number of amides is 2. The van der Waals surface area contributed by atoms with Crippen LogP contribution in [0.4, 0.5) is 10.5 Å². The quantitative estimate of drug-likeness (QED) is 0.868. The Labute approximate surface area is 113 Å². The van der Waals surface area contributed by atoms with Gasteiger partial charge in [-0.2, -0.15) is 0 Å². The molecule has 1 fully saturated rings. The molecular formula is C14H21N3O2. The van der Waals surface area contributed by atoms with E-state index in [1.165, 1.54) is 0 Å². The molecule has 1 saturated heterocycles. The summed E-state index contributed by atoms with van der Waals surface area (Å²) in [4.78, 5) is 13.7. The molecule has 2 rings (SSSR count). The van der Waals surface area contributed by atoms with Crippen molar-refractivity contribution in [2.24, 2.45) is 0 Å². The van der Waals surface area contributed by atoms with Crippen molar-refractivity contribution in [1.82, 2.24) is 10.2 Å². The zero-order chi connectivity index (χ0) is 13.7. The van der Waals surface area contributed by atoms with Gasteiger partial charge in [-0.05, 0) is 24.6 Å². The number of urea groups is 1. The highest BCUT2D eigenvalue weighted by molar-refractivity contribution is 5.89. The van der Waals surface area contributed by atoms with Crippen molar-refractivity contribution < 1.29 is 9.53 Å². The Kier molecular flexibility index (Phi) is 4.76. The molecule has 1 unspecified atom stereocenters. The van der Waals surface area contributed by atoms with Crippen LogP contribution in [0.25, 0.3) is 0 Å². The Morgan fingerprint density at radius 3 is 3.11 bits per heavy atom. The summed E-state index contributed by atoms with van der Waals surface area (Å²) in [7, 11) is 1.78. The highest BCUT2D eigenvalue weighted by atomic mass is 16.5. The predicted octanol–water partition coefficient (Wildman–Crippen LogP) is 1.45. The van der Waals surface area contributed by atoms with Crippen LogP contribution in [0.2, 0.25) is 0 Å². The number of nitrogens with zero attached hydrogens (tertiary/aromatic N) is 1. The number of carbonyl (C=O) groups is 1. The maximum absolute atomic E-state index is 12.0. The first-order chi connectivity index (χ1) is 9.15. The third-order valence-electron chi connectivity index (χ3n) is 3.10. The predicted molar refractivity (Wildman–Crippen MR) is 75.4 cm³/mol. The Balaban J connectivity index is 1.84. The van der Waals surface area contributed by atoms with E-state index < -0.39 is 0 Å². The van der Waals surface area contributed by atoms with E-state index >= 15 is 0 Å². The van der Waals surface area contributed by atoms with E-state index in [9.17, 15) is 4.79 Å². The normalized spacial score (nSPS) is 18.9. The molecule has 2 N–H and O–H groups in total. The third-order valence-corrected chi connectivity index (χ3v) is 3.10. The van der Waals surface area contributed by atoms with Gasteiger partial charge in [0.15, 0.2) is 0 Å². The number of hydrogen-bond donors (Lipinski definition) is 2. The lowest BCUT2D eigenvalue weighted by atomic mass is 10.2. The Hall–Kier alpha value is -1.59. The van der Waals surface area contributed by atoms with Gasteiger partial charge in [-0.3, -0.25) is 0 Å². The molecule has 1 atom stereocenters. The van der Waals surface area contributed by atoms with Crippen LogP contribution in [-0.4, -0.2) is 50.3 Å². The number of anilines is 1. The van der Waals surface area contributed by atoms with Crippen molar-refractivity contribution >= 4 is 11.7 Å². The molecule has 1 aliphatic rings. The minimum Gasteiger partial charge on any atom is -0.374 e. The molecule has 0 radical (unpaired) electrons. The van der Waals surface area contributed by atoms with Crippen molar-refractivity contribution in [3.05, 3.63) is 29.8 Å². The van der Waals surface area contributed by atoms with Crippen LogP contribution in [0, 0.1) is 6.92 Å². The lowest BCUT2D eigenvalue weighted by molar-refractivity contribution is 0.0164. The molecule has 1 aliphatic heterocycles. The van der Waals surface area contributed by atoms with Crippen LogP contribution in [0.15, 0.2) is 24.3 Å². The molecule has 5 heteroatoms. The maximum atomic E-state index is 12.0. The third kappa shape index (κ3) is 4.22. The smallest absolute Gasteiger partial charge is 0.321 e. The summed E-state index contributed by atoms with van der Waals surface area (Å²) in [5, 5.41) is 6.14. The zero-order valence-corrected chi connectivity index (χ0v) is 11.5. The average molecular weight is 263 g/mol. The van der Waals surface area contributed by atoms with Gasteiger partial charge in [-0.25, -0.2) is 4.79 Å². The second-order valence-corrected chi connectivity index (χ2v) is 4.88. The molecule has 1 heterocycles. The second kappa shape index (κ2) is 6.54. The van der Waals surface area contributed by atoms with Crippen molar-refractivity contribution in [3.63, 3.8) is 0 Å². The number of hydrogen-bond acceptors (Lipinski definition) is 3. The van der Waals surface area contributed by atoms with E-state index in [1.807, 2.05) is 31.2 Å². The molecule has 5 nitrogen and oxygen atoms in total. The number of benzene rings is 1. The Morgan fingerprint density at radius 1 is 1.58 bits per heavy atom. The molecule has 104 valence electrons. The number of likely N-dealkylation sites (N-methyl/N-ethyl adjacent to an activating group) is 1. The van der Waals surface area contributed by atoms with E-state index in [0.29, 0.717) is 13.2 Å². The number of carbonyl (C=O) groups excluding carboxylic acids is 1. The number of aryl methyl sites for hydroxylation is 1. The molecule has 0 spiro atoms. The van der Waals surface area contributed by atoms with Gasteiger partial charge in [0.05, 0.1) is 12.7 Å². The molecule has 0 saturated carbocycles. The van der Waals surface area contributed by atoms with Crippen molar-refractivity contribution in [1.29, 1.82) is 0 Å². The first-order valence-electron chi connectivity index (χ1n) is 6.56. The SMILES string of the molecule is Cc1cccc(NC(=O)N(C)CC2CNCCO2)c1. The lowest BCUT2D eigenvalue weighted by Gasteiger charge is -2.28. The highest BCUT2D eigenvalue weighted by Gasteiger charge is 2.18. The molecule has 0 aliphatic carbocycles. The summed E-state index contributed by atoms with van der Waals surface area (Å²) >= 11 is 0. The zero-order valence-electron chi connectivity index (χ0n) is 11.5. The van der Waals surface area contributed by atoms with Crippen molar-refractivity contribution in [2.75, 3.05) is 38.6 Å². The standard InChI is InChI=1S/C14H21N3O2/c1-11-4-3-5-12(8-11)16-14(18)17(2)10-13-9-15-6-7-19-13/h3-5,8,13,15H,6-7,9-10H2,1-2H3,(H,16,18). The summed E-state index contributed by atoms with van der Waals surface area (Å²) < 4.78 is 5.58. The fourth-order valence-electron chi connectivity index (χ4n) is 2.07. The van der Waals surface area contributed by atoms with E-state index in [1.54, 1.807) is 11.9 Å². The van der Waals surface area contributed by atoms with Crippen molar-refractivity contribution in [3.8, 4) is 0 Å². The van der Waals surface area contributed by atoms with Crippen LogP contribution >= 0.6 is 0 Å². The fraction of sp³-hybridized carbons (Fsp3) is 0.500. The number of nitrogens with one attached hydrogen (secondary N) is 2. The average Bonchev–Trinajstić information content (AvgIpc) is 2.40. The van der Waals surface area contributed by atoms with E-state index in [0.717, 1.165) is 24.3 Å². The van der Waals surface area contributed by atoms with Crippen LogP contribution in [0.1, 0.15) is 5.56 Å². The largest absolute Gasteiger partial charge is 0.374 e. The molecule has 1 aromatic rings. The number of morpholine rings is 1. The van der Waals surface area contributed by atoms with E-state index in [4.69, 9.17) is 4.74 Å². The minimum absolute atomic E-state index is 0.0713. The maximum Gasteiger partial charge on any atom is 0.321 e. The molecule has 2 amide bonds. The first kappa shape index (κ1) is 13.8. The molecule has 1 aromatic carbocycles. The van der Waals surface area contributed by atoms with Crippen LogP contribution < -0.4 is 10.6 Å². The Bertz CT molecular complexity index is 430. The van der Waals surface area contributed by atoms with E-state index in [2.05, 4.69) is 10.6 Å². The van der Waals surface area contributed by atoms with Gasteiger partial charge >= 0.3 is 6.03 Å². The van der Waals surface area contributed by atoms with Gasteiger partial charge in [0.2, 0.25) is 0 Å². The van der Waals surface area contributed by atoms with Crippen LogP contribution in [0.5, 0.6) is 0 Å². The van der Waals surface area contributed by atoms with Crippen molar-refractivity contribution in [2.45, 2.75) is 13.0 Å². The first-order valence-corrected chi connectivity index (χ1v) is 6.56. The van der Waals surface area contributed by atoms with Gasteiger partial charge in [0, 0.05) is 32.4 Å². The van der Waals surface area contributed by atoms with Crippen LogP contribution in [-0.2, 0) is 4.74 Å². The summed E-state index contributed by atoms with van der Waals surface area (Å²) in [6.45, 7) is 4.97. The van der Waals surface area contributed by atoms with Gasteiger partial charge < -0.3 is 20.3 Å². The van der Waals surface area contributed by atoms with Crippen LogP contribution in [0.3, 0.4) is 0 Å². The van der Waals surface area contributed by atoms with Gasteiger partial charge in [0.25, 0.3) is 0 Å². The second-order valence-electron chi connectivity index (χ2n) is 4.88. The van der Waals surface area contributed by atoms with Gasteiger partial charge in [-0.1, -0.05) is 12.1 Å². The highest BCUT2D eigenvalue weighted by Crippen LogP contribution is 2.10. The number of rotatable bonds is 3. The van der Waals surface area contributed by atoms with Gasteiger partial charge in [0.1, 0.15) is 0 Å². The fourth-order valence-corrected chi connectivity index (χ4v) is 2.07. The molecule has 19 heavy (non-hydrogen) atoms. The monoisotopic (exact) mass is 263 g/mol. The Morgan fingerprint density at radius 2 is 2.42 bits per heavy atom. The lowest BCUT2D eigenvalue weighted by Crippen LogP contribution is -2.46.